The number of hydrogen-bond acceptors (Lipinski definition) is 4. The Labute approximate surface area is 157 Å². The van der Waals surface area contributed by atoms with Crippen LogP contribution >= 0.6 is 0 Å². The van der Waals surface area contributed by atoms with Gasteiger partial charge >= 0.3 is 0 Å². The van der Waals surface area contributed by atoms with Gasteiger partial charge in [0.1, 0.15) is 5.69 Å². The first-order valence-electron chi connectivity index (χ1n) is 9.31. The van der Waals surface area contributed by atoms with Crippen LogP contribution in [0.15, 0.2) is 36.9 Å². The molecule has 142 valence electrons. The van der Waals surface area contributed by atoms with Gasteiger partial charge in [0.15, 0.2) is 0 Å². The number of nitro groups is 1. The van der Waals surface area contributed by atoms with Gasteiger partial charge in [0.25, 0.3) is 11.6 Å². The largest absolute Gasteiger partial charge is 0.349 e. The molecule has 3 unspecified atom stereocenters. The predicted molar refractivity (Wildman–Crippen MR) is 101 cm³/mol. The molecular weight excluding hydrogens is 344 g/mol. The fraction of sp³-hybridized carbons (Fsp3) is 0.500. The molecule has 1 amide bonds. The SMILES string of the molecule is CC1(C)C2CCC1(C)C(NC(=O)c1ccc(-n3ccnc3)c([N+](=O)[O-])c1)C2. The van der Waals surface area contributed by atoms with E-state index in [1.165, 1.54) is 18.8 Å². The topological polar surface area (TPSA) is 90.1 Å². The van der Waals surface area contributed by atoms with Gasteiger partial charge in [0.2, 0.25) is 0 Å². The Morgan fingerprint density at radius 1 is 1.37 bits per heavy atom. The highest BCUT2D eigenvalue weighted by molar-refractivity contribution is 5.95. The first-order valence-corrected chi connectivity index (χ1v) is 9.31. The molecule has 2 bridgehead atoms. The average molecular weight is 368 g/mol. The van der Waals surface area contributed by atoms with E-state index in [0.29, 0.717) is 17.2 Å². The highest BCUT2D eigenvalue weighted by Crippen LogP contribution is 2.65. The highest BCUT2D eigenvalue weighted by atomic mass is 16.6. The number of aromatic nitrogens is 2. The van der Waals surface area contributed by atoms with E-state index in [1.54, 1.807) is 29.1 Å². The van der Waals surface area contributed by atoms with E-state index in [0.717, 1.165) is 12.8 Å². The lowest BCUT2D eigenvalue weighted by atomic mass is 9.69. The van der Waals surface area contributed by atoms with E-state index in [4.69, 9.17) is 0 Å². The second kappa shape index (κ2) is 5.90. The molecule has 0 saturated heterocycles. The number of rotatable bonds is 4. The van der Waals surface area contributed by atoms with Crippen molar-refractivity contribution in [1.82, 2.24) is 14.9 Å². The van der Waals surface area contributed by atoms with Gasteiger partial charge in [-0.25, -0.2) is 4.98 Å². The molecule has 3 atom stereocenters. The van der Waals surface area contributed by atoms with Crippen LogP contribution in [0, 0.1) is 26.9 Å². The van der Waals surface area contributed by atoms with Crippen LogP contribution in [0.5, 0.6) is 0 Å². The lowest BCUT2D eigenvalue weighted by Gasteiger charge is -2.39. The summed E-state index contributed by atoms with van der Waals surface area (Å²) in [6.07, 6.45) is 7.99. The molecule has 0 aliphatic heterocycles. The van der Waals surface area contributed by atoms with Crippen molar-refractivity contribution in [3.05, 3.63) is 52.6 Å². The Balaban J connectivity index is 1.60. The Morgan fingerprint density at radius 3 is 2.70 bits per heavy atom. The van der Waals surface area contributed by atoms with Crippen molar-refractivity contribution in [2.75, 3.05) is 0 Å². The predicted octanol–water partition coefficient (Wildman–Crippen LogP) is 3.73. The lowest BCUT2D eigenvalue weighted by molar-refractivity contribution is -0.384. The fourth-order valence-electron chi connectivity index (χ4n) is 5.09. The summed E-state index contributed by atoms with van der Waals surface area (Å²) in [4.78, 5) is 27.8. The molecule has 2 fully saturated rings. The third-order valence-corrected chi connectivity index (χ3v) is 7.32. The molecule has 7 heteroatoms. The molecule has 2 aliphatic rings. The zero-order valence-corrected chi connectivity index (χ0v) is 15.8. The van der Waals surface area contributed by atoms with Gasteiger partial charge in [-0.15, -0.1) is 0 Å². The number of nitrogens with one attached hydrogen (secondary N) is 1. The van der Waals surface area contributed by atoms with E-state index in [2.05, 4.69) is 31.1 Å². The van der Waals surface area contributed by atoms with Crippen molar-refractivity contribution in [3.63, 3.8) is 0 Å². The minimum Gasteiger partial charge on any atom is -0.349 e. The van der Waals surface area contributed by atoms with Crippen molar-refractivity contribution in [2.24, 2.45) is 16.7 Å². The van der Waals surface area contributed by atoms with Crippen molar-refractivity contribution in [1.29, 1.82) is 0 Å². The molecule has 1 aromatic carbocycles. The molecule has 0 radical (unpaired) electrons. The monoisotopic (exact) mass is 368 g/mol. The van der Waals surface area contributed by atoms with E-state index < -0.39 is 4.92 Å². The second-order valence-electron chi connectivity index (χ2n) is 8.57. The first kappa shape index (κ1) is 17.7. The average Bonchev–Trinajstić information content (AvgIpc) is 3.28. The number of fused-ring (bicyclic) bond motifs is 2. The molecule has 4 rings (SSSR count). The Morgan fingerprint density at radius 2 is 2.15 bits per heavy atom. The molecule has 2 saturated carbocycles. The fourth-order valence-corrected chi connectivity index (χ4v) is 5.09. The van der Waals surface area contributed by atoms with Crippen LogP contribution in [0.25, 0.3) is 5.69 Å². The molecule has 2 aliphatic carbocycles. The van der Waals surface area contributed by atoms with Gasteiger partial charge in [-0.3, -0.25) is 14.9 Å². The van der Waals surface area contributed by atoms with E-state index in [-0.39, 0.29) is 28.5 Å². The van der Waals surface area contributed by atoms with Crippen LogP contribution in [0.3, 0.4) is 0 Å². The van der Waals surface area contributed by atoms with Gasteiger partial charge in [-0.2, -0.15) is 0 Å². The summed E-state index contributed by atoms with van der Waals surface area (Å²) >= 11 is 0. The molecule has 7 nitrogen and oxygen atoms in total. The van der Waals surface area contributed by atoms with Crippen LogP contribution in [-0.2, 0) is 0 Å². The molecule has 0 spiro atoms. The molecular formula is C20H24N4O3. The minimum absolute atomic E-state index is 0.0655. The van der Waals surface area contributed by atoms with Crippen molar-refractivity contribution < 1.29 is 9.72 Å². The van der Waals surface area contributed by atoms with Gasteiger partial charge < -0.3 is 9.88 Å². The van der Waals surface area contributed by atoms with Crippen molar-refractivity contribution in [3.8, 4) is 5.69 Å². The van der Waals surface area contributed by atoms with E-state index in [9.17, 15) is 14.9 Å². The van der Waals surface area contributed by atoms with Crippen LogP contribution in [0.1, 0.15) is 50.4 Å². The van der Waals surface area contributed by atoms with Gasteiger partial charge in [-0.1, -0.05) is 20.8 Å². The maximum Gasteiger partial charge on any atom is 0.294 e. The number of nitrogens with zero attached hydrogens (tertiary/aromatic N) is 3. The zero-order valence-electron chi connectivity index (χ0n) is 15.8. The lowest BCUT2D eigenvalue weighted by Crippen LogP contribution is -2.46. The summed E-state index contributed by atoms with van der Waals surface area (Å²) < 4.78 is 1.57. The Kier molecular flexibility index (Phi) is 3.87. The third kappa shape index (κ3) is 2.56. The Bertz CT molecular complexity index is 906. The van der Waals surface area contributed by atoms with Crippen LogP contribution in [-0.4, -0.2) is 26.4 Å². The zero-order chi connectivity index (χ0) is 19.4. The summed E-state index contributed by atoms with van der Waals surface area (Å²) in [5.74, 6) is 0.371. The number of carbonyl (C=O) groups is 1. The maximum absolute atomic E-state index is 12.8. The smallest absolute Gasteiger partial charge is 0.294 e. The summed E-state index contributed by atoms with van der Waals surface area (Å²) in [5.41, 5.74) is 0.857. The number of hydrogen-bond donors (Lipinski definition) is 1. The molecule has 1 N–H and O–H groups in total. The quantitative estimate of drug-likeness (QED) is 0.658. The van der Waals surface area contributed by atoms with Gasteiger partial charge in [0.05, 0.1) is 11.3 Å². The minimum atomic E-state index is -0.464. The summed E-state index contributed by atoms with van der Waals surface area (Å²) in [6, 6.07) is 4.69. The number of benzene rings is 1. The van der Waals surface area contributed by atoms with Crippen LogP contribution in [0.2, 0.25) is 0 Å². The maximum atomic E-state index is 12.8. The third-order valence-electron chi connectivity index (χ3n) is 7.32. The normalized spacial score (nSPS) is 28.3. The summed E-state index contributed by atoms with van der Waals surface area (Å²) in [7, 11) is 0. The van der Waals surface area contributed by atoms with Crippen molar-refractivity contribution >= 4 is 11.6 Å². The number of imidazole rings is 1. The standard InChI is InChI=1S/C20H24N4O3/c1-19(2)14-6-7-20(19,3)17(11-14)22-18(25)13-4-5-15(16(10-13)24(26)27)23-9-8-21-12-23/h4-5,8-10,12,14,17H,6-7,11H2,1-3H3,(H,22,25). The van der Waals surface area contributed by atoms with Crippen molar-refractivity contribution in [2.45, 2.75) is 46.1 Å². The first-order chi connectivity index (χ1) is 12.7. The molecule has 27 heavy (non-hydrogen) atoms. The van der Waals surface area contributed by atoms with E-state index >= 15 is 0 Å². The number of carbonyl (C=O) groups excluding carboxylic acids is 1. The van der Waals surface area contributed by atoms with Gasteiger partial charge in [0, 0.05) is 30.1 Å². The number of amides is 1. The molecule has 1 aromatic heterocycles. The highest BCUT2D eigenvalue weighted by Gasteiger charge is 2.61. The molecule has 2 aromatic rings. The number of nitro benzene ring substituents is 1. The molecule has 1 heterocycles. The van der Waals surface area contributed by atoms with Gasteiger partial charge in [-0.05, 0) is 48.1 Å². The summed E-state index contributed by atoms with van der Waals surface area (Å²) in [5, 5.41) is 14.7. The second-order valence-corrected chi connectivity index (χ2v) is 8.57. The Hall–Kier alpha value is -2.70. The van der Waals surface area contributed by atoms with E-state index in [1.807, 2.05) is 0 Å². The van der Waals surface area contributed by atoms with Crippen LogP contribution in [0.4, 0.5) is 5.69 Å². The summed E-state index contributed by atoms with van der Waals surface area (Å²) in [6.45, 7) is 6.85. The van der Waals surface area contributed by atoms with Crippen LogP contribution < -0.4 is 5.32 Å².